The monoisotopic (exact) mass is 346 g/mol. The van der Waals surface area contributed by atoms with Crippen LogP contribution < -0.4 is 10.6 Å². The van der Waals surface area contributed by atoms with Crippen LogP contribution in [-0.4, -0.2) is 66.8 Å². The van der Waals surface area contributed by atoms with Crippen LogP contribution in [0.2, 0.25) is 0 Å². The molecule has 0 radical (unpaired) electrons. The van der Waals surface area contributed by atoms with Gasteiger partial charge in [-0.2, -0.15) is 0 Å². The lowest BCUT2D eigenvalue weighted by atomic mass is 10.1. The van der Waals surface area contributed by atoms with Crippen molar-refractivity contribution in [2.24, 2.45) is 0 Å². The minimum atomic E-state index is -0.116. The van der Waals surface area contributed by atoms with E-state index in [1.165, 1.54) is 6.92 Å². The molecule has 7 nitrogen and oxygen atoms in total. The maximum atomic E-state index is 12.4. The van der Waals surface area contributed by atoms with E-state index in [0.29, 0.717) is 45.7 Å². The summed E-state index contributed by atoms with van der Waals surface area (Å²) in [6.45, 7) is 7.10. The van der Waals surface area contributed by atoms with Gasteiger partial charge in [-0.15, -0.1) is 0 Å². The van der Waals surface area contributed by atoms with Gasteiger partial charge in [-0.1, -0.05) is 12.1 Å². The lowest BCUT2D eigenvalue weighted by Gasteiger charge is -2.34. The minimum Gasteiger partial charge on any atom is -0.355 e. The van der Waals surface area contributed by atoms with E-state index in [0.717, 1.165) is 11.3 Å². The zero-order valence-corrected chi connectivity index (χ0v) is 14.9. The summed E-state index contributed by atoms with van der Waals surface area (Å²) in [7, 11) is 0. The van der Waals surface area contributed by atoms with Gasteiger partial charge in [0.2, 0.25) is 17.7 Å². The Morgan fingerprint density at radius 3 is 2.24 bits per heavy atom. The van der Waals surface area contributed by atoms with E-state index in [-0.39, 0.29) is 17.7 Å². The number of likely N-dealkylation sites (N-methyl/N-ethyl adjacent to an activating group) is 1. The normalized spacial score (nSPS) is 14.9. The molecular weight excluding hydrogens is 320 g/mol. The Balaban J connectivity index is 1.78. The Morgan fingerprint density at radius 1 is 1.04 bits per heavy atom. The van der Waals surface area contributed by atoms with Gasteiger partial charge in [0.05, 0.1) is 13.0 Å². The molecule has 0 atom stereocenters. The van der Waals surface area contributed by atoms with Crippen LogP contribution in [-0.2, 0) is 20.8 Å². The first-order valence-corrected chi connectivity index (χ1v) is 8.61. The first kappa shape index (κ1) is 18.9. The fourth-order valence-electron chi connectivity index (χ4n) is 2.81. The Hall–Kier alpha value is -2.41. The summed E-state index contributed by atoms with van der Waals surface area (Å²) in [5.74, 6) is 0.000731. The molecule has 0 aromatic heterocycles. The number of amides is 3. The zero-order valence-electron chi connectivity index (χ0n) is 14.9. The number of carbonyl (C=O) groups is 3. The second-order valence-corrected chi connectivity index (χ2v) is 6.17. The van der Waals surface area contributed by atoms with Crippen molar-refractivity contribution in [3.05, 3.63) is 29.8 Å². The van der Waals surface area contributed by atoms with Crippen LogP contribution in [0.5, 0.6) is 0 Å². The largest absolute Gasteiger partial charge is 0.355 e. The first-order chi connectivity index (χ1) is 12.0. The number of hydrogen-bond donors (Lipinski definition) is 2. The predicted octanol–water partition coefficient (Wildman–Crippen LogP) is 0.468. The van der Waals surface area contributed by atoms with E-state index < -0.39 is 0 Å². The van der Waals surface area contributed by atoms with Crippen LogP contribution in [0.3, 0.4) is 0 Å². The average molecular weight is 346 g/mol. The molecular formula is C18H26N4O3. The summed E-state index contributed by atoms with van der Waals surface area (Å²) in [6, 6.07) is 7.31. The van der Waals surface area contributed by atoms with E-state index in [1.807, 2.05) is 24.0 Å². The molecule has 2 rings (SSSR count). The summed E-state index contributed by atoms with van der Waals surface area (Å²) in [5.41, 5.74) is 1.64. The summed E-state index contributed by atoms with van der Waals surface area (Å²) >= 11 is 0. The minimum absolute atomic E-state index is 0.0292. The van der Waals surface area contributed by atoms with Gasteiger partial charge in [0.15, 0.2) is 0 Å². The van der Waals surface area contributed by atoms with Crippen molar-refractivity contribution in [1.29, 1.82) is 0 Å². The molecule has 1 aromatic rings. The lowest BCUT2D eigenvalue weighted by molar-refractivity contribution is -0.132. The van der Waals surface area contributed by atoms with Gasteiger partial charge >= 0.3 is 0 Å². The van der Waals surface area contributed by atoms with Crippen molar-refractivity contribution in [2.75, 3.05) is 44.6 Å². The maximum absolute atomic E-state index is 12.4. The predicted molar refractivity (Wildman–Crippen MR) is 96.2 cm³/mol. The number of carbonyl (C=O) groups excluding carboxylic acids is 3. The molecule has 25 heavy (non-hydrogen) atoms. The number of hydrogen-bond acceptors (Lipinski definition) is 4. The van der Waals surface area contributed by atoms with Gasteiger partial charge in [-0.05, 0) is 24.6 Å². The van der Waals surface area contributed by atoms with Crippen molar-refractivity contribution < 1.29 is 14.4 Å². The third kappa shape index (κ3) is 6.19. The molecule has 7 heteroatoms. The van der Waals surface area contributed by atoms with Gasteiger partial charge < -0.3 is 15.5 Å². The molecule has 136 valence electrons. The molecule has 1 fully saturated rings. The highest BCUT2D eigenvalue weighted by atomic mass is 16.2. The smallest absolute Gasteiger partial charge is 0.234 e. The van der Waals surface area contributed by atoms with E-state index in [1.54, 1.807) is 12.1 Å². The summed E-state index contributed by atoms with van der Waals surface area (Å²) < 4.78 is 0. The van der Waals surface area contributed by atoms with Crippen molar-refractivity contribution in [3.8, 4) is 0 Å². The van der Waals surface area contributed by atoms with Gasteiger partial charge in [-0.25, -0.2) is 0 Å². The Kier molecular flexibility index (Phi) is 6.94. The molecule has 0 saturated carbocycles. The third-order valence-corrected chi connectivity index (χ3v) is 4.10. The fourth-order valence-corrected chi connectivity index (χ4v) is 2.81. The lowest BCUT2D eigenvalue weighted by Crippen LogP contribution is -2.51. The van der Waals surface area contributed by atoms with Crippen LogP contribution in [0.1, 0.15) is 19.4 Å². The van der Waals surface area contributed by atoms with Crippen molar-refractivity contribution in [2.45, 2.75) is 20.3 Å². The number of anilines is 1. The fraction of sp³-hybridized carbons (Fsp3) is 0.500. The van der Waals surface area contributed by atoms with Crippen LogP contribution in [0, 0.1) is 0 Å². The average Bonchev–Trinajstić information content (AvgIpc) is 2.57. The van der Waals surface area contributed by atoms with E-state index in [9.17, 15) is 14.4 Å². The summed E-state index contributed by atoms with van der Waals surface area (Å²) in [6.07, 6.45) is 0.344. The molecule has 3 amide bonds. The van der Waals surface area contributed by atoms with Crippen molar-refractivity contribution >= 4 is 23.4 Å². The number of rotatable bonds is 6. The summed E-state index contributed by atoms with van der Waals surface area (Å²) in [4.78, 5) is 38.9. The molecule has 1 aromatic carbocycles. The molecule has 1 aliphatic heterocycles. The molecule has 0 bridgehead atoms. The molecule has 1 aliphatic rings. The van der Waals surface area contributed by atoms with Crippen LogP contribution in [0.25, 0.3) is 0 Å². The van der Waals surface area contributed by atoms with Crippen molar-refractivity contribution in [3.63, 3.8) is 0 Å². The SMILES string of the molecule is CCNC(=O)CN1CCN(C(=O)Cc2ccc(NC(C)=O)cc2)CC1. The number of nitrogens with zero attached hydrogens (tertiary/aromatic N) is 2. The topological polar surface area (TPSA) is 81.8 Å². The van der Waals surface area contributed by atoms with Crippen molar-refractivity contribution in [1.82, 2.24) is 15.1 Å². The van der Waals surface area contributed by atoms with E-state index in [4.69, 9.17) is 0 Å². The quantitative estimate of drug-likeness (QED) is 0.784. The number of piperazine rings is 1. The Bertz CT molecular complexity index is 607. The zero-order chi connectivity index (χ0) is 18.2. The van der Waals surface area contributed by atoms with E-state index in [2.05, 4.69) is 15.5 Å². The second-order valence-electron chi connectivity index (χ2n) is 6.17. The number of benzene rings is 1. The molecule has 2 N–H and O–H groups in total. The highest BCUT2D eigenvalue weighted by Crippen LogP contribution is 2.12. The van der Waals surface area contributed by atoms with Gasteiger partial charge in [0, 0.05) is 45.3 Å². The maximum Gasteiger partial charge on any atom is 0.234 e. The van der Waals surface area contributed by atoms with Gasteiger partial charge in [-0.3, -0.25) is 19.3 Å². The van der Waals surface area contributed by atoms with Crippen LogP contribution >= 0.6 is 0 Å². The molecule has 0 spiro atoms. The van der Waals surface area contributed by atoms with Gasteiger partial charge in [0.25, 0.3) is 0 Å². The third-order valence-electron chi connectivity index (χ3n) is 4.10. The van der Waals surface area contributed by atoms with Crippen LogP contribution in [0.4, 0.5) is 5.69 Å². The number of nitrogens with one attached hydrogen (secondary N) is 2. The second kappa shape index (κ2) is 9.17. The Morgan fingerprint density at radius 2 is 1.68 bits per heavy atom. The summed E-state index contributed by atoms with van der Waals surface area (Å²) in [5, 5.41) is 5.49. The molecule has 1 heterocycles. The standard InChI is InChI=1S/C18H26N4O3/c1-3-19-17(24)13-21-8-10-22(11-9-21)18(25)12-15-4-6-16(7-5-15)20-14(2)23/h4-7H,3,8-13H2,1-2H3,(H,19,24)(H,20,23). The molecule has 1 saturated heterocycles. The highest BCUT2D eigenvalue weighted by Gasteiger charge is 2.22. The molecule has 0 unspecified atom stereocenters. The van der Waals surface area contributed by atoms with Crippen LogP contribution in [0.15, 0.2) is 24.3 Å². The van der Waals surface area contributed by atoms with E-state index >= 15 is 0 Å². The first-order valence-electron chi connectivity index (χ1n) is 8.61. The highest BCUT2D eigenvalue weighted by molar-refractivity contribution is 5.88. The Labute approximate surface area is 148 Å². The van der Waals surface area contributed by atoms with Gasteiger partial charge in [0.1, 0.15) is 0 Å². The molecule has 0 aliphatic carbocycles.